The van der Waals surface area contributed by atoms with E-state index in [1.165, 1.54) is 0 Å². The molecule has 0 unspecified atom stereocenters. The fourth-order valence-corrected chi connectivity index (χ4v) is 1.46. The Morgan fingerprint density at radius 2 is 2.00 bits per heavy atom. The van der Waals surface area contributed by atoms with Crippen molar-refractivity contribution in [2.75, 3.05) is 0 Å². The van der Waals surface area contributed by atoms with E-state index in [1.807, 2.05) is 32.9 Å². The number of ether oxygens (including phenoxy) is 1. The van der Waals surface area contributed by atoms with Gasteiger partial charge >= 0.3 is 0 Å². The molecule has 1 aromatic rings. The number of nitriles is 1. The smallest absolute Gasteiger partial charge is 0.139 e. The predicted molar refractivity (Wildman–Crippen MR) is 59.2 cm³/mol. The van der Waals surface area contributed by atoms with Gasteiger partial charge in [-0.05, 0) is 48.8 Å². The van der Waals surface area contributed by atoms with E-state index in [4.69, 9.17) is 10.00 Å². The molecule has 0 atom stereocenters. The van der Waals surface area contributed by atoms with Crippen molar-refractivity contribution in [1.29, 1.82) is 5.26 Å². The van der Waals surface area contributed by atoms with E-state index in [0.29, 0.717) is 11.3 Å². The molecule has 0 N–H and O–H groups in total. The maximum Gasteiger partial charge on any atom is 0.139 e. The van der Waals surface area contributed by atoms with Gasteiger partial charge in [0.15, 0.2) is 0 Å². The van der Waals surface area contributed by atoms with Crippen LogP contribution in [-0.2, 0) is 0 Å². The number of rotatable bonds is 1. The molecule has 2 nitrogen and oxygen atoms in total. The molecule has 0 aliphatic carbocycles. The Balaban J connectivity index is 3.10. The van der Waals surface area contributed by atoms with Crippen LogP contribution in [0.5, 0.6) is 5.75 Å². The molecule has 0 bridgehead atoms. The molecule has 0 heterocycles. The first-order valence-corrected chi connectivity index (χ1v) is 5.11. The molecule has 0 saturated carbocycles. The molecule has 0 aromatic heterocycles. The Hall–Kier alpha value is -1.01. The minimum Gasteiger partial charge on any atom is -0.487 e. The van der Waals surface area contributed by atoms with Crippen molar-refractivity contribution in [2.24, 2.45) is 0 Å². The van der Waals surface area contributed by atoms with Crippen molar-refractivity contribution in [2.45, 2.75) is 26.4 Å². The maximum absolute atomic E-state index is 8.94. The van der Waals surface area contributed by atoms with Gasteiger partial charge in [-0.3, -0.25) is 0 Å². The second kappa shape index (κ2) is 4.02. The van der Waals surface area contributed by atoms with Crippen LogP contribution >= 0.6 is 15.9 Å². The highest BCUT2D eigenvalue weighted by molar-refractivity contribution is 9.10. The third-order valence-corrected chi connectivity index (χ3v) is 2.16. The summed E-state index contributed by atoms with van der Waals surface area (Å²) in [6, 6.07) is 7.60. The third-order valence-electron chi connectivity index (χ3n) is 1.50. The molecule has 74 valence electrons. The second-order valence-electron chi connectivity index (χ2n) is 3.94. The summed E-state index contributed by atoms with van der Waals surface area (Å²) in [6.07, 6.45) is 0. The van der Waals surface area contributed by atoms with Crippen molar-refractivity contribution < 1.29 is 4.74 Å². The maximum atomic E-state index is 8.94. The Labute approximate surface area is 92.6 Å². The normalized spacial score (nSPS) is 10.8. The zero-order valence-corrected chi connectivity index (χ0v) is 10.1. The third kappa shape index (κ3) is 2.74. The van der Waals surface area contributed by atoms with Crippen LogP contribution in [0.15, 0.2) is 22.7 Å². The van der Waals surface area contributed by atoms with Gasteiger partial charge in [0.1, 0.15) is 23.0 Å². The standard InChI is InChI=1S/C11H12BrNO/c1-11(2,3)14-10-6-4-5-9(12)8(10)7-13/h4-6H,1-3H3. The zero-order valence-electron chi connectivity index (χ0n) is 8.47. The van der Waals surface area contributed by atoms with E-state index in [-0.39, 0.29) is 5.60 Å². The van der Waals surface area contributed by atoms with Crippen LogP contribution in [-0.4, -0.2) is 5.60 Å². The van der Waals surface area contributed by atoms with Crippen LogP contribution in [0.3, 0.4) is 0 Å². The molecule has 0 fully saturated rings. The van der Waals surface area contributed by atoms with Crippen molar-refractivity contribution in [3.05, 3.63) is 28.2 Å². The number of nitrogens with zero attached hydrogens (tertiary/aromatic N) is 1. The van der Waals surface area contributed by atoms with Gasteiger partial charge < -0.3 is 4.74 Å². The largest absolute Gasteiger partial charge is 0.487 e. The number of benzene rings is 1. The first-order chi connectivity index (χ1) is 6.44. The first kappa shape index (κ1) is 11.1. The second-order valence-corrected chi connectivity index (χ2v) is 4.79. The van der Waals surface area contributed by atoms with Crippen LogP contribution < -0.4 is 4.74 Å². The monoisotopic (exact) mass is 253 g/mol. The molecule has 0 amide bonds. The average molecular weight is 254 g/mol. The minimum atomic E-state index is -0.285. The molecule has 0 aliphatic heterocycles. The lowest BCUT2D eigenvalue weighted by Crippen LogP contribution is -2.23. The summed E-state index contributed by atoms with van der Waals surface area (Å²) in [4.78, 5) is 0. The van der Waals surface area contributed by atoms with Crippen LogP contribution in [0.2, 0.25) is 0 Å². The molecule has 0 spiro atoms. The summed E-state index contributed by atoms with van der Waals surface area (Å²) >= 11 is 3.31. The summed E-state index contributed by atoms with van der Waals surface area (Å²) in [5.74, 6) is 0.620. The molecule has 3 heteroatoms. The van der Waals surface area contributed by atoms with Crippen molar-refractivity contribution in [1.82, 2.24) is 0 Å². The first-order valence-electron chi connectivity index (χ1n) is 4.31. The van der Waals surface area contributed by atoms with E-state index in [1.54, 1.807) is 6.07 Å². The van der Waals surface area contributed by atoms with E-state index < -0.39 is 0 Å². The van der Waals surface area contributed by atoms with Crippen molar-refractivity contribution in [3.8, 4) is 11.8 Å². The molecular formula is C11H12BrNO. The Kier molecular flexibility index (Phi) is 3.17. The van der Waals surface area contributed by atoms with E-state index in [0.717, 1.165) is 4.47 Å². The SMILES string of the molecule is CC(C)(C)Oc1cccc(Br)c1C#N. The lowest BCUT2D eigenvalue weighted by Gasteiger charge is -2.22. The molecule has 1 rings (SSSR count). The summed E-state index contributed by atoms with van der Waals surface area (Å²) < 4.78 is 6.42. The van der Waals surface area contributed by atoms with Gasteiger partial charge in [0, 0.05) is 4.47 Å². The number of halogens is 1. The van der Waals surface area contributed by atoms with Gasteiger partial charge in [-0.25, -0.2) is 0 Å². The lowest BCUT2D eigenvalue weighted by atomic mass is 10.1. The van der Waals surface area contributed by atoms with Crippen molar-refractivity contribution in [3.63, 3.8) is 0 Å². The summed E-state index contributed by atoms with van der Waals surface area (Å²) in [5.41, 5.74) is 0.259. The fourth-order valence-electron chi connectivity index (χ4n) is 1.03. The van der Waals surface area contributed by atoms with Gasteiger partial charge in [-0.2, -0.15) is 5.26 Å². The highest BCUT2D eigenvalue weighted by atomic mass is 79.9. The molecule has 1 aromatic carbocycles. The molecule has 0 saturated heterocycles. The topological polar surface area (TPSA) is 33.0 Å². The van der Waals surface area contributed by atoms with Crippen LogP contribution in [0.4, 0.5) is 0 Å². The highest BCUT2D eigenvalue weighted by Crippen LogP contribution is 2.28. The Morgan fingerprint density at radius 3 is 2.50 bits per heavy atom. The summed E-state index contributed by atoms with van der Waals surface area (Å²) in [6.45, 7) is 5.86. The number of hydrogen-bond acceptors (Lipinski definition) is 2. The molecule has 0 aliphatic rings. The Morgan fingerprint density at radius 1 is 1.36 bits per heavy atom. The van der Waals surface area contributed by atoms with Gasteiger partial charge in [-0.15, -0.1) is 0 Å². The fraction of sp³-hybridized carbons (Fsp3) is 0.364. The molecule has 14 heavy (non-hydrogen) atoms. The summed E-state index contributed by atoms with van der Waals surface area (Å²) in [7, 11) is 0. The van der Waals surface area contributed by atoms with E-state index in [2.05, 4.69) is 22.0 Å². The van der Waals surface area contributed by atoms with Crippen LogP contribution in [0, 0.1) is 11.3 Å². The Bertz CT molecular complexity index is 374. The number of hydrogen-bond donors (Lipinski definition) is 0. The quantitative estimate of drug-likeness (QED) is 0.768. The molecule has 0 radical (unpaired) electrons. The van der Waals surface area contributed by atoms with E-state index >= 15 is 0 Å². The minimum absolute atomic E-state index is 0.285. The average Bonchev–Trinajstić information content (AvgIpc) is 2.01. The van der Waals surface area contributed by atoms with Gasteiger partial charge in [0.25, 0.3) is 0 Å². The highest BCUT2D eigenvalue weighted by Gasteiger charge is 2.15. The predicted octanol–water partition coefficient (Wildman–Crippen LogP) is 3.50. The van der Waals surface area contributed by atoms with Gasteiger partial charge in [0.05, 0.1) is 0 Å². The summed E-state index contributed by atoms with van der Waals surface area (Å²) in [5, 5.41) is 8.94. The van der Waals surface area contributed by atoms with Crippen LogP contribution in [0.25, 0.3) is 0 Å². The molecular weight excluding hydrogens is 242 g/mol. The lowest BCUT2D eigenvalue weighted by molar-refractivity contribution is 0.130. The van der Waals surface area contributed by atoms with Crippen LogP contribution in [0.1, 0.15) is 26.3 Å². The zero-order chi connectivity index (χ0) is 10.8. The van der Waals surface area contributed by atoms with Gasteiger partial charge in [-0.1, -0.05) is 6.07 Å². The van der Waals surface area contributed by atoms with Gasteiger partial charge in [0.2, 0.25) is 0 Å². The van der Waals surface area contributed by atoms with Crippen molar-refractivity contribution >= 4 is 15.9 Å². The van der Waals surface area contributed by atoms with E-state index in [9.17, 15) is 0 Å².